The molecule has 1 atom stereocenters. The molecule has 0 fully saturated rings. The van der Waals surface area contributed by atoms with Crippen molar-refractivity contribution in [3.63, 3.8) is 0 Å². The van der Waals surface area contributed by atoms with Gasteiger partial charge in [0.1, 0.15) is 0 Å². The Balaban J connectivity index is 3.83. The topological polar surface area (TPSA) is 98.8 Å². The van der Waals surface area contributed by atoms with E-state index in [4.69, 9.17) is 4.18 Å². The molecule has 0 aromatic carbocycles. The summed E-state index contributed by atoms with van der Waals surface area (Å²) in [5, 5.41) is 2.64. The second kappa shape index (κ2) is 13.8. The van der Waals surface area contributed by atoms with Gasteiger partial charge in [-0.2, -0.15) is 8.42 Å². The molecule has 0 spiro atoms. The summed E-state index contributed by atoms with van der Waals surface area (Å²) in [5.74, 6) is -0.391. The second-order valence-electron chi connectivity index (χ2n) is 5.96. The first kappa shape index (κ1) is 23.6. The molecule has 0 rings (SSSR count). The number of carbonyl (C=O) groups excluding carboxylic acids is 2. The van der Waals surface area contributed by atoms with Crippen LogP contribution in [0.1, 0.15) is 58.3 Å². The third-order valence-electron chi connectivity index (χ3n) is 3.45. The molecular weight excluding hydrogens is 346 g/mol. The molecule has 8 heteroatoms. The number of methoxy groups -OCH3 is 1. The first-order valence-electron chi connectivity index (χ1n) is 8.59. The van der Waals surface area contributed by atoms with Crippen LogP contribution in [0.5, 0.6) is 0 Å². The van der Waals surface area contributed by atoms with Crippen LogP contribution in [0.25, 0.3) is 0 Å². The first-order valence-corrected chi connectivity index (χ1v) is 10.4. The normalized spacial score (nSPS) is 12.9. The minimum atomic E-state index is -3.53. The lowest BCUT2D eigenvalue weighted by Gasteiger charge is -2.13. The molecule has 25 heavy (non-hydrogen) atoms. The average molecular weight is 378 g/mol. The van der Waals surface area contributed by atoms with Gasteiger partial charge in [0.2, 0.25) is 5.91 Å². The van der Waals surface area contributed by atoms with Crippen molar-refractivity contribution in [2.75, 3.05) is 20.0 Å². The maximum Gasteiger partial charge on any atom is 0.305 e. The standard InChI is InChI=1S/C17H31NO6S/c1-15(19)18-16(14-24-25(3,21)22)12-10-8-6-4-5-7-9-11-13-17(20)23-2/h10,12,16H,4-9,11,13-14H2,1-3H3,(H,18,19)/b12-10+. The molecule has 0 aromatic heterocycles. The molecular formula is C17H31NO6S. The molecule has 0 aromatic rings. The Morgan fingerprint density at radius 1 is 1.08 bits per heavy atom. The number of unbranched alkanes of at least 4 members (excludes halogenated alkanes) is 6. The van der Waals surface area contributed by atoms with Crippen molar-refractivity contribution in [3.8, 4) is 0 Å². The zero-order chi connectivity index (χ0) is 19.1. The molecule has 0 aliphatic rings. The van der Waals surface area contributed by atoms with E-state index in [1.807, 2.05) is 6.08 Å². The lowest BCUT2D eigenvalue weighted by molar-refractivity contribution is -0.140. The molecule has 0 heterocycles. The van der Waals surface area contributed by atoms with E-state index in [0.717, 1.165) is 51.2 Å². The highest BCUT2D eigenvalue weighted by atomic mass is 32.2. The number of rotatable bonds is 14. The van der Waals surface area contributed by atoms with Crippen molar-refractivity contribution in [2.45, 2.75) is 64.3 Å². The Kier molecular flexibility index (Phi) is 13.1. The lowest BCUT2D eigenvalue weighted by Crippen LogP contribution is -2.35. The molecule has 0 saturated carbocycles. The van der Waals surface area contributed by atoms with Crippen molar-refractivity contribution < 1.29 is 26.9 Å². The fourth-order valence-electron chi connectivity index (χ4n) is 2.20. The van der Waals surface area contributed by atoms with Gasteiger partial charge >= 0.3 is 5.97 Å². The molecule has 146 valence electrons. The van der Waals surface area contributed by atoms with Crippen LogP contribution in [0, 0.1) is 0 Å². The maximum atomic E-state index is 11.1. The highest BCUT2D eigenvalue weighted by molar-refractivity contribution is 7.85. The van der Waals surface area contributed by atoms with Gasteiger partial charge in [-0.3, -0.25) is 13.8 Å². The van der Waals surface area contributed by atoms with Crippen LogP contribution in [0.4, 0.5) is 0 Å². The van der Waals surface area contributed by atoms with E-state index in [1.54, 1.807) is 6.08 Å². The van der Waals surface area contributed by atoms with Gasteiger partial charge in [-0.1, -0.05) is 37.8 Å². The number of carbonyl (C=O) groups is 2. The van der Waals surface area contributed by atoms with Crippen molar-refractivity contribution in [3.05, 3.63) is 12.2 Å². The number of allylic oxidation sites excluding steroid dienone is 1. The van der Waals surface area contributed by atoms with Crippen LogP contribution < -0.4 is 5.32 Å². The van der Waals surface area contributed by atoms with Crippen LogP contribution in [0.3, 0.4) is 0 Å². The van der Waals surface area contributed by atoms with Crippen LogP contribution in [-0.2, 0) is 28.6 Å². The SMILES string of the molecule is COC(=O)CCCCCCCC/C=C/C(COS(C)(=O)=O)NC(C)=O. The van der Waals surface area contributed by atoms with Gasteiger partial charge in [0.25, 0.3) is 10.1 Å². The summed E-state index contributed by atoms with van der Waals surface area (Å²) in [6.07, 6.45) is 12.2. The largest absolute Gasteiger partial charge is 0.469 e. The average Bonchev–Trinajstić information content (AvgIpc) is 2.52. The molecule has 1 N–H and O–H groups in total. The van der Waals surface area contributed by atoms with E-state index in [1.165, 1.54) is 14.0 Å². The van der Waals surface area contributed by atoms with Crippen molar-refractivity contribution in [2.24, 2.45) is 0 Å². The van der Waals surface area contributed by atoms with Crippen molar-refractivity contribution in [1.82, 2.24) is 5.32 Å². The number of hydrogen-bond acceptors (Lipinski definition) is 6. The van der Waals surface area contributed by atoms with Crippen molar-refractivity contribution >= 4 is 22.0 Å². The number of esters is 1. The quantitative estimate of drug-likeness (QED) is 0.216. The predicted octanol–water partition coefficient (Wildman–Crippen LogP) is 2.32. The molecule has 0 radical (unpaired) electrons. The Bertz CT molecular complexity index is 515. The fraction of sp³-hybridized carbons (Fsp3) is 0.765. The minimum absolute atomic E-state index is 0.102. The van der Waals surface area contributed by atoms with E-state index in [0.29, 0.717) is 6.42 Å². The summed E-state index contributed by atoms with van der Waals surface area (Å²) >= 11 is 0. The molecule has 1 amide bonds. The number of ether oxygens (including phenoxy) is 1. The monoisotopic (exact) mass is 377 g/mol. The van der Waals surface area contributed by atoms with Crippen molar-refractivity contribution in [1.29, 1.82) is 0 Å². The zero-order valence-corrected chi connectivity index (χ0v) is 16.3. The molecule has 0 saturated heterocycles. The highest BCUT2D eigenvalue weighted by Gasteiger charge is 2.10. The van der Waals surface area contributed by atoms with E-state index in [-0.39, 0.29) is 18.5 Å². The van der Waals surface area contributed by atoms with Gasteiger partial charge in [-0.15, -0.1) is 0 Å². The summed E-state index contributed by atoms with van der Waals surface area (Å²) in [4.78, 5) is 22.1. The zero-order valence-electron chi connectivity index (χ0n) is 15.5. The molecule has 1 unspecified atom stereocenters. The number of nitrogens with one attached hydrogen (secondary N) is 1. The lowest BCUT2D eigenvalue weighted by atomic mass is 10.1. The van der Waals surface area contributed by atoms with E-state index >= 15 is 0 Å². The molecule has 0 aliphatic carbocycles. The third kappa shape index (κ3) is 17.2. The van der Waals surface area contributed by atoms with Crippen LogP contribution in [0.2, 0.25) is 0 Å². The summed E-state index contributed by atoms with van der Waals surface area (Å²) in [5.41, 5.74) is 0. The Morgan fingerprint density at radius 3 is 2.24 bits per heavy atom. The van der Waals surface area contributed by atoms with Gasteiger partial charge < -0.3 is 10.1 Å². The predicted molar refractivity (Wildman–Crippen MR) is 96.5 cm³/mol. The highest BCUT2D eigenvalue weighted by Crippen LogP contribution is 2.09. The van der Waals surface area contributed by atoms with E-state index < -0.39 is 16.2 Å². The van der Waals surface area contributed by atoms with Gasteiger partial charge in [-0.05, 0) is 19.3 Å². The van der Waals surface area contributed by atoms with Gasteiger partial charge in [0.15, 0.2) is 0 Å². The molecule has 7 nitrogen and oxygen atoms in total. The number of amides is 1. The van der Waals surface area contributed by atoms with Gasteiger partial charge in [0, 0.05) is 13.3 Å². The van der Waals surface area contributed by atoms with Crippen LogP contribution in [0.15, 0.2) is 12.2 Å². The second-order valence-corrected chi connectivity index (χ2v) is 7.60. The maximum absolute atomic E-state index is 11.1. The Labute approximate surface area is 151 Å². The Morgan fingerprint density at radius 2 is 1.68 bits per heavy atom. The van der Waals surface area contributed by atoms with Crippen LogP contribution >= 0.6 is 0 Å². The summed E-state index contributed by atoms with van der Waals surface area (Å²) in [6.45, 7) is 1.27. The third-order valence-corrected chi connectivity index (χ3v) is 4.01. The summed E-state index contributed by atoms with van der Waals surface area (Å²) in [6, 6.07) is -0.453. The first-order chi connectivity index (χ1) is 11.7. The summed E-state index contributed by atoms with van der Waals surface area (Å²) in [7, 11) is -2.12. The molecule has 0 bridgehead atoms. The van der Waals surface area contributed by atoms with E-state index in [2.05, 4.69) is 10.1 Å². The Hall–Kier alpha value is -1.41. The smallest absolute Gasteiger partial charge is 0.305 e. The van der Waals surface area contributed by atoms with E-state index in [9.17, 15) is 18.0 Å². The minimum Gasteiger partial charge on any atom is -0.469 e. The fourth-order valence-corrected chi connectivity index (χ4v) is 2.60. The van der Waals surface area contributed by atoms with Gasteiger partial charge in [-0.25, -0.2) is 0 Å². The van der Waals surface area contributed by atoms with Gasteiger partial charge in [0.05, 0.1) is 26.0 Å². The number of hydrogen-bond donors (Lipinski definition) is 1. The summed E-state index contributed by atoms with van der Waals surface area (Å²) < 4.78 is 31.3. The molecule has 0 aliphatic heterocycles. The van der Waals surface area contributed by atoms with Crippen LogP contribution in [-0.4, -0.2) is 46.3 Å².